The minimum Gasteiger partial charge on any atom is -0.461 e. The van der Waals surface area contributed by atoms with Gasteiger partial charge in [-0.3, -0.25) is 9.79 Å². The quantitative estimate of drug-likeness (QED) is 0.0464. The van der Waals surface area contributed by atoms with E-state index in [-0.39, 0.29) is 56.8 Å². The highest BCUT2D eigenvalue weighted by atomic mass is 16.7. The van der Waals surface area contributed by atoms with Crippen LogP contribution in [-0.2, 0) is 14.3 Å². The largest absolute Gasteiger partial charge is 0.461 e. The topological polar surface area (TPSA) is 329 Å². The molecule has 0 spiro atoms. The highest BCUT2D eigenvalue weighted by Gasteiger charge is 2.50. The second-order valence-corrected chi connectivity index (χ2v) is 22.3. The fourth-order valence-corrected chi connectivity index (χ4v) is 9.90. The van der Waals surface area contributed by atoms with E-state index in [0.29, 0.717) is 11.9 Å². The Morgan fingerprint density at radius 2 is 1.34 bits per heavy atom. The third-order valence-electron chi connectivity index (χ3n) is 15.6. The Balaban J connectivity index is 2.32. The zero-order chi connectivity index (χ0) is 55.9. The Labute approximate surface area is 442 Å². The Morgan fingerprint density at radius 3 is 2.00 bits per heavy atom. The summed E-state index contributed by atoms with van der Waals surface area (Å²) >= 11 is 0. The lowest BCUT2D eigenvalue weighted by atomic mass is 9.83. The normalized spacial score (nSPS) is 41.3. The first-order valence-corrected chi connectivity index (χ1v) is 27.4. The number of aliphatic imine (C=N–C) groups is 1. The summed E-state index contributed by atoms with van der Waals surface area (Å²) in [7, 11) is 1.64. The van der Waals surface area contributed by atoms with Crippen LogP contribution in [-0.4, -0.2) is 172 Å². The van der Waals surface area contributed by atoms with Gasteiger partial charge in [0.05, 0.1) is 73.1 Å². The summed E-state index contributed by atoms with van der Waals surface area (Å²) in [6, 6.07) is 0. The Kier molecular flexibility index (Phi) is 31.0. The Morgan fingerprint density at radius 1 is 0.716 bits per heavy atom. The van der Waals surface area contributed by atoms with Gasteiger partial charge in [0.1, 0.15) is 12.2 Å². The molecule has 2 rings (SSSR count). The number of nitrogens with one attached hydrogen (secondary N) is 1. The molecular weight excluding hydrogens is 955 g/mol. The number of ether oxygens (including phenoxy) is 2. The summed E-state index contributed by atoms with van der Waals surface area (Å²) in [5.41, 5.74) is 5.68. The molecule has 0 aliphatic carbocycles. The molecule has 0 saturated carbocycles. The average molecular weight is 1060 g/mol. The highest BCUT2D eigenvalue weighted by molar-refractivity contribution is 5.77. The molecule has 1 fully saturated rings. The van der Waals surface area contributed by atoms with Crippen LogP contribution in [0, 0.1) is 47.3 Å². The van der Waals surface area contributed by atoms with Gasteiger partial charge < -0.3 is 81.8 Å². The predicted molar refractivity (Wildman–Crippen MR) is 286 cm³/mol. The van der Waals surface area contributed by atoms with Gasteiger partial charge in [0.15, 0.2) is 11.7 Å². The number of carbonyl (C=O) groups excluding carboxylic acids is 1. The lowest BCUT2D eigenvalue weighted by molar-refractivity contribution is -0.333. The number of aliphatic hydroxyl groups is 12. The van der Waals surface area contributed by atoms with Gasteiger partial charge >= 0.3 is 5.97 Å². The average Bonchev–Trinajstić information content (AvgIpc) is 3.34. The minimum atomic E-state index is -2.40. The molecule has 1 saturated heterocycles. The van der Waals surface area contributed by atoms with Crippen molar-refractivity contribution in [2.24, 2.45) is 58.1 Å². The van der Waals surface area contributed by atoms with E-state index in [1.807, 2.05) is 19.9 Å². The summed E-state index contributed by atoms with van der Waals surface area (Å²) < 4.78 is 12.0. The maximum atomic E-state index is 13.8. The van der Waals surface area contributed by atoms with Crippen LogP contribution in [0.2, 0.25) is 0 Å². The van der Waals surface area contributed by atoms with Crippen LogP contribution in [0.15, 0.2) is 53.6 Å². The molecule has 430 valence electrons. The number of hydrogen-bond donors (Lipinski definition) is 14. The maximum Gasteiger partial charge on any atom is 0.311 e. The number of hydrogen-bond acceptors (Lipinski definition) is 16. The second kappa shape index (κ2) is 34.1. The molecule has 2 aliphatic rings. The molecule has 0 radical (unpaired) electrons. The number of aliphatic hydroxyl groups excluding tert-OH is 11. The number of esters is 1. The van der Waals surface area contributed by atoms with Crippen LogP contribution in [0.4, 0.5) is 0 Å². The number of nitrogens with two attached hydrogens (primary N) is 1. The van der Waals surface area contributed by atoms with E-state index >= 15 is 0 Å². The molecule has 2 aliphatic heterocycles. The lowest BCUT2D eigenvalue weighted by Gasteiger charge is -2.45. The van der Waals surface area contributed by atoms with E-state index in [9.17, 15) is 66.1 Å². The first kappa shape index (κ1) is 67.3. The summed E-state index contributed by atoms with van der Waals surface area (Å²) in [6.07, 6.45) is 3.37. The predicted octanol–water partition coefficient (Wildman–Crippen LogP) is 3.28. The highest BCUT2D eigenvalue weighted by Crippen LogP contribution is 2.36. The number of cyclic esters (lactones) is 1. The third-order valence-corrected chi connectivity index (χ3v) is 15.6. The van der Waals surface area contributed by atoms with Gasteiger partial charge in [-0.1, -0.05) is 103 Å². The molecular formula is C56H101N3O15. The van der Waals surface area contributed by atoms with E-state index in [4.69, 9.17) is 15.2 Å². The van der Waals surface area contributed by atoms with Crippen LogP contribution >= 0.6 is 0 Å². The van der Waals surface area contributed by atoms with Crippen molar-refractivity contribution in [3.05, 3.63) is 48.6 Å². The number of nitrogens with zero attached hydrogens (tertiary/aromatic N) is 1. The van der Waals surface area contributed by atoms with Crippen LogP contribution < -0.4 is 11.1 Å². The fraction of sp³-hybridized carbons (Fsp3) is 0.821. The molecule has 74 heavy (non-hydrogen) atoms. The van der Waals surface area contributed by atoms with Crippen molar-refractivity contribution in [3.63, 3.8) is 0 Å². The van der Waals surface area contributed by atoms with Crippen molar-refractivity contribution in [3.8, 4) is 0 Å². The van der Waals surface area contributed by atoms with Gasteiger partial charge in [-0.05, 0) is 88.9 Å². The molecule has 2 bridgehead atoms. The number of carbonyl (C=O) groups is 1. The van der Waals surface area contributed by atoms with Crippen molar-refractivity contribution in [2.75, 3.05) is 13.6 Å². The minimum absolute atomic E-state index is 0.0856. The molecule has 0 unspecified atom stereocenters. The van der Waals surface area contributed by atoms with E-state index in [1.54, 1.807) is 59.9 Å². The van der Waals surface area contributed by atoms with Gasteiger partial charge in [0.25, 0.3) is 0 Å². The second-order valence-electron chi connectivity index (χ2n) is 22.3. The molecule has 18 heteroatoms. The summed E-state index contributed by atoms with van der Waals surface area (Å²) in [4.78, 5) is 17.7. The van der Waals surface area contributed by atoms with Gasteiger partial charge in [-0.15, -0.1) is 0 Å². The maximum absolute atomic E-state index is 13.8. The molecule has 18 nitrogen and oxygen atoms in total. The third kappa shape index (κ3) is 23.8. The van der Waals surface area contributed by atoms with E-state index in [1.165, 1.54) is 12.2 Å². The number of rotatable bonds is 11. The van der Waals surface area contributed by atoms with Gasteiger partial charge in [0.2, 0.25) is 0 Å². The molecule has 0 amide bonds. The van der Waals surface area contributed by atoms with E-state index < -0.39 is 127 Å². The number of guanidine groups is 1. The number of allylic oxidation sites excluding steroid dienone is 4. The summed E-state index contributed by atoms with van der Waals surface area (Å²) in [5.74, 6) is -6.16. The molecule has 2 heterocycles. The van der Waals surface area contributed by atoms with Crippen LogP contribution in [0.25, 0.3) is 0 Å². The summed E-state index contributed by atoms with van der Waals surface area (Å²) in [5, 5.41) is 135. The van der Waals surface area contributed by atoms with Gasteiger partial charge in [0, 0.05) is 56.5 Å². The smallest absolute Gasteiger partial charge is 0.311 e. The van der Waals surface area contributed by atoms with E-state index in [0.717, 1.165) is 45.1 Å². The van der Waals surface area contributed by atoms with Crippen molar-refractivity contribution in [1.82, 2.24) is 5.32 Å². The summed E-state index contributed by atoms with van der Waals surface area (Å²) in [6.45, 7) is 15.1. The first-order valence-electron chi connectivity index (χ1n) is 27.4. The number of fused-ring (bicyclic) bond motifs is 2. The first-order chi connectivity index (χ1) is 34.7. The number of unbranched alkanes of at least 4 members (excludes halogenated alkanes) is 2. The Bertz CT molecular complexity index is 1720. The van der Waals surface area contributed by atoms with Crippen LogP contribution in [0.1, 0.15) is 145 Å². The van der Waals surface area contributed by atoms with E-state index in [2.05, 4.69) is 29.4 Å². The van der Waals surface area contributed by atoms with Crippen LogP contribution in [0.5, 0.6) is 0 Å². The van der Waals surface area contributed by atoms with Crippen molar-refractivity contribution < 1.29 is 75.5 Å². The monoisotopic (exact) mass is 1060 g/mol. The van der Waals surface area contributed by atoms with Crippen molar-refractivity contribution in [1.29, 1.82) is 0 Å². The Hall–Kier alpha value is -2.82. The molecule has 0 aromatic rings. The standard InChI is InChI=1S/C56H101N3O15/c1-33(18-14-12-10-11-13-17-25-59-55(57)58-9)26-37(5)52-36(4)19-15-16-20-44(62)38(6)48(66)29-42(61)27-41(60)28-43-30-50(68)53(70)56(72,74-43)32-51(69)35(3)22-23-45(63)39(7)49(67)31-47(65)34(2)21-24-46(64)40(8)54(71)73-52/h10-11,15-16,19-21,24,33-53,60-70,72H,12-14,17-18,22-23,25-32H2,1-9H3,(H3,57,58,59)/b11-10+,19-15+,20-16+,24-21+/t33-,34+,35+,36+,37-,38+,39-,40+,41+,42+,43+,44+,45-,46+,47+,48-,49-,50+,51+,52-,53-,56+/m0/s1. The van der Waals surface area contributed by atoms with Crippen LogP contribution in [0.3, 0.4) is 0 Å². The molecule has 22 atom stereocenters. The van der Waals surface area contributed by atoms with Crippen molar-refractivity contribution >= 4 is 11.9 Å². The lowest BCUT2D eigenvalue weighted by Crippen LogP contribution is -2.59. The van der Waals surface area contributed by atoms with Crippen molar-refractivity contribution in [2.45, 2.75) is 230 Å². The molecule has 15 N–H and O–H groups in total. The molecule has 0 aromatic heterocycles. The zero-order valence-electron chi connectivity index (χ0n) is 46.0. The zero-order valence-corrected chi connectivity index (χ0v) is 46.0. The van der Waals surface area contributed by atoms with Gasteiger partial charge in [-0.25, -0.2) is 0 Å². The fourth-order valence-electron chi connectivity index (χ4n) is 9.90. The molecule has 0 aromatic carbocycles. The SMILES string of the molecule is CN=C(N)NCCC/C=C/CCC[C@H](C)C[C@H](C)[C@H]1OC(=O)[C@H](C)[C@H](O)/C=C/[C@@H](C)[C@H](O)C[C@H](O)[C@@H](C)[C@@H](O)CC[C@@H](C)[C@H](O)C[C@@]2(O)O[C@H](C[C@H](O)C[C@@H](O)C[C@H](O)[C@H](C)[C@H](O)/C=C/C=C/[C@H]1C)C[C@@H](O)[C@@H]2O. The van der Waals surface area contributed by atoms with Gasteiger partial charge in [-0.2, -0.15) is 0 Å².